The van der Waals surface area contributed by atoms with E-state index in [9.17, 15) is 0 Å². The molecule has 5 saturated heterocycles. The highest BCUT2D eigenvalue weighted by Gasteiger charge is 2.65. The molecule has 0 radical (unpaired) electrons. The predicted octanol–water partition coefficient (Wildman–Crippen LogP) is 8.27. The average Bonchev–Trinajstić information content (AvgIpc) is 3.67. The predicted molar refractivity (Wildman–Crippen MR) is 211 cm³/mol. The summed E-state index contributed by atoms with van der Waals surface area (Å²) in [6.07, 6.45) is 1.46. The number of fused-ring (bicyclic) bond motifs is 3. The summed E-state index contributed by atoms with van der Waals surface area (Å²) in [7, 11) is 1.75. The highest BCUT2D eigenvalue weighted by atomic mass is 16.8. The van der Waals surface area contributed by atoms with E-state index >= 15 is 0 Å². The van der Waals surface area contributed by atoms with Crippen LogP contribution in [-0.2, 0) is 62.5 Å². The van der Waals surface area contributed by atoms with Crippen LogP contribution in [0.3, 0.4) is 0 Å². The van der Waals surface area contributed by atoms with Crippen molar-refractivity contribution >= 4 is 0 Å². The Bertz CT molecular complexity index is 1650. The molecule has 0 amide bonds. The normalized spacial score (nSPS) is 39.8. The van der Waals surface area contributed by atoms with Crippen LogP contribution >= 0.6 is 0 Å². The van der Waals surface area contributed by atoms with Crippen molar-refractivity contribution in [3.8, 4) is 0 Å². The van der Waals surface area contributed by atoms with Gasteiger partial charge in [-0.2, -0.15) is 0 Å². The quantitative estimate of drug-likeness (QED) is 0.191. The molecule has 5 heterocycles. The zero-order valence-electron chi connectivity index (χ0n) is 33.8. The molecule has 3 aromatic rings. The lowest BCUT2D eigenvalue weighted by Crippen LogP contribution is -2.64. The Hall–Kier alpha value is -2.70. The first-order chi connectivity index (χ1) is 27.3. The summed E-state index contributed by atoms with van der Waals surface area (Å²) in [5, 5.41) is 0. The summed E-state index contributed by atoms with van der Waals surface area (Å²) in [4.78, 5) is 0. The van der Waals surface area contributed by atoms with Crippen molar-refractivity contribution in [1.29, 1.82) is 0 Å². The molecule has 0 aliphatic carbocycles. The molecule has 5 aliphatic rings. The Morgan fingerprint density at radius 2 is 1.32 bits per heavy atom. The van der Waals surface area contributed by atoms with Crippen molar-refractivity contribution in [1.82, 2.24) is 0 Å². The van der Waals surface area contributed by atoms with Gasteiger partial charge in [-0.05, 0) is 47.8 Å². The van der Waals surface area contributed by atoms with Crippen LogP contribution in [0.25, 0.3) is 0 Å². The molecule has 0 saturated carbocycles. The van der Waals surface area contributed by atoms with Crippen molar-refractivity contribution < 1.29 is 42.6 Å². The van der Waals surface area contributed by atoms with Gasteiger partial charge in [-0.3, -0.25) is 0 Å². The average molecular weight is 771 g/mol. The summed E-state index contributed by atoms with van der Waals surface area (Å²) >= 11 is 0. The summed E-state index contributed by atoms with van der Waals surface area (Å²) in [6, 6.07) is 31.0. The van der Waals surface area contributed by atoms with Crippen molar-refractivity contribution in [3.63, 3.8) is 0 Å². The summed E-state index contributed by atoms with van der Waals surface area (Å²) < 4.78 is 62.3. The maximum atomic E-state index is 7.40. The van der Waals surface area contributed by atoms with E-state index in [1.165, 1.54) is 0 Å². The van der Waals surface area contributed by atoms with Crippen LogP contribution in [0.2, 0.25) is 0 Å². The zero-order chi connectivity index (χ0) is 38.7. The monoisotopic (exact) mass is 770 g/mol. The molecule has 0 N–H and O–H groups in total. The fourth-order valence-corrected chi connectivity index (χ4v) is 10.1. The molecule has 5 fully saturated rings. The molecule has 1 unspecified atom stereocenters. The summed E-state index contributed by atoms with van der Waals surface area (Å²) in [5.74, 6) is -1.41. The molecule has 304 valence electrons. The molecule has 56 heavy (non-hydrogen) atoms. The van der Waals surface area contributed by atoms with Gasteiger partial charge in [-0.25, -0.2) is 0 Å². The lowest BCUT2D eigenvalue weighted by molar-refractivity contribution is -0.385. The van der Waals surface area contributed by atoms with Crippen molar-refractivity contribution in [2.75, 3.05) is 20.3 Å². The standard InChI is InChI=1S/C47H62O9/c1-31-24-38(50-28-36-18-11-7-12-19-36)41(30-49-27-35-16-9-6-10-17-35)53-40-26-47(48-5)45(54-39(40)25-31)33(3)42(51-29-37-20-13-8-14-21-37)44-43(55-47)32(2)34(4)46(56-44)22-15-23-52-46/h6-14,16-21,31-34,38-45H,15,22-30H2,1-5H3/t31-,32-,33-,34-,38+,39-,40+,41-,42-,43+,44-,45+,46+,47?/m0/s1. The van der Waals surface area contributed by atoms with Crippen LogP contribution in [0.1, 0.15) is 76.5 Å². The Labute approximate surface area is 333 Å². The van der Waals surface area contributed by atoms with Crippen LogP contribution in [-0.4, -0.2) is 80.7 Å². The highest BCUT2D eigenvalue weighted by molar-refractivity contribution is 5.16. The molecule has 3 aromatic carbocycles. The van der Waals surface area contributed by atoms with Gasteiger partial charge < -0.3 is 42.6 Å². The van der Waals surface area contributed by atoms with E-state index in [1.807, 2.05) is 30.3 Å². The van der Waals surface area contributed by atoms with E-state index in [1.54, 1.807) is 7.11 Å². The zero-order valence-corrected chi connectivity index (χ0v) is 33.8. The number of benzene rings is 3. The second-order valence-electron chi connectivity index (χ2n) is 17.1. The van der Waals surface area contributed by atoms with Gasteiger partial charge in [-0.1, -0.05) is 119 Å². The van der Waals surface area contributed by atoms with Gasteiger partial charge in [0.05, 0.1) is 63.6 Å². The van der Waals surface area contributed by atoms with Gasteiger partial charge in [0.25, 0.3) is 0 Å². The second-order valence-corrected chi connectivity index (χ2v) is 17.1. The van der Waals surface area contributed by atoms with Crippen LogP contribution in [0, 0.1) is 23.7 Å². The Kier molecular flexibility index (Phi) is 12.6. The summed E-state index contributed by atoms with van der Waals surface area (Å²) in [6.45, 7) is 11.6. The lowest BCUT2D eigenvalue weighted by Gasteiger charge is -2.53. The minimum atomic E-state index is -1.11. The molecule has 14 atom stereocenters. The number of hydrogen-bond acceptors (Lipinski definition) is 9. The molecular formula is C47H62O9. The number of ether oxygens (including phenoxy) is 9. The van der Waals surface area contributed by atoms with Crippen LogP contribution in [0.4, 0.5) is 0 Å². The Morgan fingerprint density at radius 3 is 1.95 bits per heavy atom. The first kappa shape index (κ1) is 40.1. The maximum absolute atomic E-state index is 7.40. The number of methoxy groups -OCH3 is 1. The van der Waals surface area contributed by atoms with E-state index in [4.69, 9.17) is 42.6 Å². The van der Waals surface area contributed by atoms with Gasteiger partial charge in [0.15, 0.2) is 11.6 Å². The Balaban J connectivity index is 1.09. The number of rotatable bonds is 11. The number of hydrogen-bond donors (Lipinski definition) is 0. The molecular weight excluding hydrogens is 709 g/mol. The minimum absolute atomic E-state index is 0.0959. The van der Waals surface area contributed by atoms with Gasteiger partial charge in [-0.15, -0.1) is 0 Å². The van der Waals surface area contributed by atoms with Crippen LogP contribution in [0.5, 0.6) is 0 Å². The minimum Gasteiger partial charge on any atom is -0.374 e. The van der Waals surface area contributed by atoms with Crippen molar-refractivity contribution in [2.45, 2.75) is 140 Å². The lowest BCUT2D eigenvalue weighted by atomic mass is 9.75. The first-order valence-electron chi connectivity index (χ1n) is 21.1. The van der Waals surface area contributed by atoms with E-state index in [-0.39, 0.29) is 60.5 Å². The first-order valence-corrected chi connectivity index (χ1v) is 21.1. The van der Waals surface area contributed by atoms with E-state index < -0.39 is 17.7 Å². The smallest absolute Gasteiger partial charge is 0.197 e. The third kappa shape index (κ3) is 8.40. The van der Waals surface area contributed by atoms with Gasteiger partial charge in [0.1, 0.15) is 18.3 Å². The van der Waals surface area contributed by atoms with Crippen molar-refractivity contribution in [2.24, 2.45) is 23.7 Å². The molecule has 0 aromatic heterocycles. The summed E-state index contributed by atoms with van der Waals surface area (Å²) in [5.41, 5.74) is 3.36. The topological polar surface area (TPSA) is 83.1 Å². The third-order valence-electron chi connectivity index (χ3n) is 13.4. The third-order valence-corrected chi connectivity index (χ3v) is 13.4. The maximum Gasteiger partial charge on any atom is 0.197 e. The largest absolute Gasteiger partial charge is 0.374 e. The van der Waals surface area contributed by atoms with Gasteiger partial charge >= 0.3 is 0 Å². The Morgan fingerprint density at radius 1 is 0.679 bits per heavy atom. The molecule has 8 rings (SSSR count). The van der Waals surface area contributed by atoms with E-state index in [0.29, 0.717) is 45.4 Å². The van der Waals surface area contributed by atoms with Gasteiger partial charge in [0.2, 0.25) is 0 Å². The molecule has 5 aliphatic heterocycles. The SMILES string of the molecule is COC12C[C@H]3O[C@@H](COCc4ccccc4)[C@H](OCc4ccccc4)C[C@H](C)C[C@@H]3O[C@@H]1[C@@H](C)[C@H](OCc1ccccc1)[C@@H]1O[C@]3(CCCO3)[C@@H](C)[C@H](C)[C@H]1O2. The molecule has 1 spiro atoms. The second kappa shape index (κ2) is 17.7. The van der Waals surface area contributed by atoms with Gasteiger partial charge in [0, 0.05) is 31.8 Å². The van der Waals surface area contributed by atoms with Crippen LogP contribution < -0.4 is 0 Å². The van der Waals surface area contributed by atoms with E-state index in [0.717, 1.165) is 42.4 Å². The van der Waals surface area contributed by atoms with Crippen molar-refractivity contribution in [3.05, 3.63) is 108 Å². The fourth-order valence-electron chi connectivity index (χ4n) is 10.1. The van der Waals surface area contributed by atoms with E-state index in [2.05, 4.69) is 88.4 Å². The molecule has 9 heteroatoms. The highest BCUT2D eigenvalue weighted by Crippen LogP contribution is 2.53. The molecule has 9 nitrogen and oxygen atoms in total. The molecule has 0 bridgehead atoms. The van der Waals surface area contributed by atoms with Crippen LogP contribution in [0.15, 0.2) is 91.0 Å². The fraction of sp³-hybridized carbons (Fsp3) is 0.617.